The molecule has 1 nitrogen and oxygen atoms in total. The SMILES string of the molecule is Cc1cc(C)cc(-c2cc(C(F)(F)F)ccn2)c1. The largest absolute Gasteiger partial charge is 0.416 e. The molecule has 2 aromatic rings. The van der Waals surface area contributed by atoms with Gasteiger partial charge in [0.2, 0.25) is 0 Å². The van der Waals surface area contributed by atoms with Crippen LogP contribution in [0.25, 0.3) is 11.3 Å². The highest BCUT2D eigenvalue weighted by molar-refractivity contribution is 5.62. The van der Waals surface area contributed by atoms with Crippen molar-refractivity contribution in [2.24, 2.45) is 0 Å². The molecule has 0 bridgehead atoms. The van der Waals surface area contributed by atoms with E-state index in [4.69, 9.17) is 0 Å². The summed E-state index contributed by atoms with van der Waals surface area (Å²) in [5.41, 5.74) is 2.38. The molecule has 0 saturated carbocycles. The zero-order chi connectivity index (χ0) is 13.3. The van der Waals surface area contributed by atoms with E-state index >= 15 is 0 Å². The quantitative estimate of drug-likeness (QED) is 0.732. The minimum atomic E-state index is -4.34. The molecule has 0 unspecified atom stereocenters. The Kier molecular flexibility index (Phi) is 3.11. The Hall–Kier alpha value is -1.84. The van der Waals surface area contributed by atoms with Crippen molar-refractivity contribution in [3.05, 3.63) is 53.2 Å². The maximum atomic E-state index is 12.6. The highest BCUT2D eigenvalue weighted by atomic mass is 19.4. The third-order valence-corrected chi connectivity index (χ3v) is 2.60. The standard InChI is InChI=1S/C14H12F3N/c1-9-5-10(2)7-11(6-9)13-8-12(3-4-18-13)14(15,16)17/h3-8H,1-2H3. The number of rotatable bonds is 1. The molecule has 2 rings (SSSR count). The predicted molar refractivity (Wildman–Crippen MR) is 64.1 cm³/mol. The maximum absolute atomic E-state index is 12.6. The molecular weight excluding hydrogens is 239 g/mol. The van der Waals surface area contributed by atoms with Crippen LogP contribution in [0.5, 0.6) is 0 Å². The first-order valence-electron chi connectivity index (χ1n) is 5.48. The van der Waals surface area contributed by atoms with Gasteiger partial charge in [-0.1, -0.05) is 17.2 Å². The molecule has 0 fully saturated rings. The van der Waals surface area contributed by atoms with Crippen LogP contribution in [0.4, 0.5) is 13.2 Å². The molecule has 0 saturated heterocycles. The van der Waals surface area contributed by atoms with Crippen LogP contribution in [-0.2, 0) is 6.18 Å². The first-order valence-corrected chi connectivity index (χ1v) is 5.48. The third-order valence-electron chi connectivity index (χ3n) is 2.60. The topological polar surface area (TPSA) is 12.9 Å². The number of pyridine rings is 1. The molecule has 0 aliphatic rings. The van der Waals surface area contributed by atoms with Gasteiger partial charge < -0.3 is 0 Å². The zero-order valence-corrected chi connectivity index (χ0v) is 10.0. The van der Waals surface area contributed by atoms with Crippen LogP contribution < -0.4 is 0 Å². The Bertz CT molecular complexity index is 553. The second kappa shape index (κ2) is 4.44. The van der Waals surface area contributed by atoms with Crippen molar-refractivity contribution in [3.8, 4) is 11.3 Å². The molecule has 0 aliphatic heterocycles. The summed E-state index contributed by atoms with van der Waals surface area (Å²) < 4.78 is 37.8. The van der Waals surface area contributed by atoms with Crippen LogP contribution >= 0.6 is 0 Å². The van der Waals surface area contributed by atoms with Gasteiger partial charge in [-0.2, -0.15) is 13.2 Å². The summed E-state index contributed by atoms with van der Waals surface area (Å²) in [6, 6.07) is 7.68. The van der Waals surface area contributed by atoms with Gasteiger partial charge in [-0.15, -0.1) is 0 Å². The van der Waals surface area contributed by atoms with Crippen molar-refractivity contribution >= 4 is 0 Å². The van der Waals surface area contributed by atoms with Gasteiger partial charge in [0.1, 0.15) is 0 Å². The highest BCUT2D eigenvalue weighted by Gasteiger charge is 2.30. The lowest BCUT2D eigenvalue weighted by Gasteiger charge is -2.09. The van der Waals surface area contributed by atoms with Crippen molar-refractivity contribution in [1.29, 1.82) is 0 Å². The molecule has 0 aliphatic carbocycles. The first kappa shape index (κ1) is 12.6. The summed E-state index contributed by atoms with van der Waals surface area (Å²) in [5, 5.41) is 0. The second-order valence-corrected chi connectivity index (χ2v) is 4.30. The number of nitrogens with zero attached hydrogens (tertiary/aromatic N) is 1. The number of benzene rings is 1. The molecule has 0 N–H and O–H groups in total. The molecule has 18 heavy (non-hydrogen) atoms. The van der Waals surface area contributed by atoms with E-state index in [0.29, 0.717) is 11.3 Å². The normalized spacial score (nSPS) is 11.6. The van der Waals surface area contributed by atoms with Crippen LogP contribution in [-0.4, -0.2) is 4.98 Å². The molecule has 4 heteroatoms. The number of alkyl halides is 3. The van der Waals surface area contributed by atoms with E-state index in [9.17, 15) is 13.2 Å². The van der Waals surface area contributed by atoms with Gasteiger partial charge in [0.15, 0.2) is 0 Å². The van der Waals surface area contributed by atoms with Crippen molar-refractivity contribution in [3.63, 3.8) is 0 Å². The lowest BCUT2D eigenvalue weighted by atomic mass is 10.0. The van der Waals surface area contributed by atoms with Crippen molar-refractivity contribution in [2.75, 3.05) is 0 Å². The van der Waals surface area contributed by atoms with E-state index in [2.05, 4.69) is 4.98 Å². The number of halogens is 3. The molecule has 0 radical (unpaired) electrons. The lowest BCUT2D eigenvalue weighted by Crippen LogP contribution is -2.05. The number of aryl methyl sites for hydroxylation is 2. The maximum Gasteiger partial charge on any atom is 0.416 e. The van der Waals surface area contributed by atoms with Crippen LogP contribution in [0.15, 0.2) is 36.5 Å². The Morgan fingerprint density at radius 1 is 0.944 bits per heavy atom. The number of hydrogen-bond donors (Lipinski definition) is 0. The van der Waals surface area contributed by atoms with Crippen LogP contribution in [0, 0.1) is 13.8 Å². The number of hydrogen-bond acceptors (Lipinski definition) is 1. The van der Waals surface area contributed by atoms with E-state index in [1.807, 2.05) is 32.0 Å². The fourth-order valence-corrected chi connectivity index (χ4v) is 1.89. The van der Waals surface area contributed by atoms with Crippen LogP contribution in [0.1, 0.15) is 16.7 Å². The minimum absolute atomic E-state index is 0.344. The average molecular weight is 251 g/mol. The predicted octanol–water partition coefficient (Wildman–Crippen LogP) is 4.38. The summed E-state index contributed by atoms with van der Waals surface area (Å²) in [6.45, 7) is 3.81. The summed E-state index contributed by atoms with van der Waals surface area (Å²) in [5.74, 6) is 0. The van der Waals surface area contributed by atoms with Crippen molar-refractivity contribution < 1.29 is 13.2 Å². The van der Waals surface area contributed by atoms with E-state index in [1.165, 1.54) is 6.20 Å². The van der Waals surface area contributed by atoms with Crippen molar-refractivity contribution in [1.82, 2.24) is 4.98 Å². The number of aromatic nitrogens is 1. The van der Waals surface area contributed by atoms with E-state index in [0.717, 1.165) is 23.3 Å². The van der Waals surface area contributed by atoms with Gasteiger partial charge in [0, 0.05) is 11.8 Å². The van der Waals surface area contributed by atoms with Crippen molar-refractivity contribution in [2.45, 2.75) is 20.0 Å². The fourth-order valence-electron chi connectivity index (χ4n) is 1.89. The van der Waals surface area contributed by atoms with Crippen LogP contribution in [0.2, 0.25) is 0 Å². The van der Waals surface area contributed by atoms with Gasteiger partial charge in [0.05, 0.1) is 11.3 Å². The average Bonchev–Trinajstić information content (AvgIpc) is 2.27. The smallest absolute Gasteiger partial charge is 0.256 e. The van der Waals surface area contributed by atoms with Gasteiger partial charge in [-0.25, -0.2) is 0 Å². The zero-order valence-electron chi connectivity index (χ0n) is 10.0. The first-order chi connectivity index (χ1) is 8.36. The third kappa shape index (κ3) is 2.70. The molecule has 94 valence electrons. The molecule has 1 aromatic carbocycles. The van der Waals surface area contributed by atoms with E-state index < -0.39 is 11.7 Å². The Labute approximate surface area is 103 Å². The van der Waals surface area contributed by atoms with Gasteiger partial charge >= 0.3 is 6.18 Å². The summed E-state index contributed by atoms with van der Waals surface area (Å²) in [7, 11) is 0. The van der Waals surface area contributed by atoms with Crippen LogP contribution in [0.3, 0.4) is 0 Å². The molecule has 0 amide bonds. The minimum Gasteiger partial charge on any atom is -0.256 e. The lowest BCUT2D eigenvalue weighted by molar-refractivity contribution is -0.137. The summed E-state index contributed by atoms with van der Waals surface area (Å²) in [6.07, 6.45) is -3.15. The Morgan fingerprint density at radius 3 is 2.11 bits per heavy atom. The van der Waals surface area contributed by atoms with E-state index in [1.54, 1.807) is 0 Å². The monoisotopic (exact) mass is 251 g/mol. The summed E-state index contributed by atoms with van der Waals surface area (Å²) in [4.78, 5) is 4.01. The van der Waals surface area contributed by atoms with Gasteiger partial charge in [-0.3, -0.25) is 4.98 Å². The Morgan fingerprint density at radius 2 is 1.56 bits per heavy atom. The molecule has 0 spiro atoms. The van der Waals surface area contributed by atoms with Gasteiger partial charge in [-0.05, 0) is 38.1 Å². The Balaban J connectivity index is 2.51. The second-order valence-electron chi connectivity index (χ2n) is 4.30. The van der Waals surface area contributed by atoms with Gasteiger partial charge in [0.25, 0.3) is 0 Å². The van der Waals surface area contributed by atoms with E-state index in [-0.39, 0.29) is 0 Å². The molecule has 0 atom stereocenters. The molecule has 1 aromatic heterocycles. The molecular formula is C14H12F3N. The fraction of sp³-hybridized carbons (Fsp3) is 0.214. The molecule has 1 heterocycles. The summed E-state index contributed by atoms with van der Waals surface area (Å²) >= 11 is 0. The highest BCUT2D eigenvalue weighted by Crippen LogP contribution is 2.31.